The Balaban J connectivity index is 1.64. The molecule has 2 heterocycles. The fraction of sp³-hybridized carbons (Fsp3) is 0.621. The molecule has 218 valence electrons. The van der Waals surface area contributed by atoms with Gasteiger partial charge in [-0.25, -0.2) is 14.5 Å². The third kappa shape index (κ3) is 8.10. The third-order valence-corrected chi connectivity index (χ3v) is 7.34. The molecule has 0 aliphatic carbocycles. The van der Waals surface area contributed by atoms with E-state index in [0.717, 1.165) is 18.4 Å². The number of ether oxygens (including phenoxy) is 1. The molecule has 11 heteroatoms. The second-order valence-electron chi connectivity index (χ2n) is 11.5. The second kappa shape index (κ2) is 13.5. The summed E-state index contributed by atoms with van der Waals surface area (Å²) >= 11 is 0. The van der Waals surface area contributed by atoms with Gasteiger partial charge in [0.25, 0.3) is 6.57 Å². The molecule has 11 nitrogen and oxygen atoms in total. The number of benzene rings is 1. The van der Waals surface area contributed by atoms with Gasteiger partial charge in [0.2, 0.25) is 11.8 Å². The van der Waals surface area contributed by atoms with Crippen LogP contribution in [0.25, 0.3) is 4.85 Å². The fourth-order valence-electron chi connectivity index (χ4n) is 5.28. The van der Waals surface area contributed by atoms with Crippen LogP contribution in [0.1, 0.15) is 76.8 Å². The maximum absolute atomic E-state index is 13.3. The molecule has 40 heavy (non-hydrogen) atoms. The summed E-state index contributed by atoms with van der Waals surface area (Å²) in [6.07, 6.45) is 2.10. The van der Waals surface area contributed by atoms with Crippen LogP contribution >= 0.6 is 0 Å². The van der Waals surface area contributed by atoms with Crippen molar-refractivity contribution in [3.8, 4) is 6.57 Å². The molecule has 2 fully saturated rings. The van der Waals surface area contributed by atoms with Gasteiger partial charge >= 0.3 is 18.3 Å². The lowest BCUT2D eigenvalue weighted by Gasteiger charge is -2.35. The van der Waals surface area contributed by atoms with Crippen molar-refractivity contribution in [3.63, 3.8) is 0 Å². The smallest absolute Gasteiger partial charge is 0.417 e. The normalized spacial score (nSPS) is 20.7. The van der Waals surface area contributed by atoms with E-state index in [2.05, 4.69) is 15.5 Å². The number of primary amides is 1. The summed E-state index contributed by atoms with van der Waals surface area (Å²) in [4.78, 5) is 57.6. The number of nitrogens with one attached hydrogen (secondary N) is 2. The SMILES string of the molecule is C#[N+]C1CCC[C@@H](C(=O)N[C@@H](Cc2ccc(C3CCN(C(=O)NCC)CC3)cc2)C(N)=O)N1C(=O)OC(C)(C)C. The minimum Gasteiger partial charge on any atom is -0.444 e. The molecule has 0 saturated carbocycles. The highest BCUT2D eigenvalue weighted by Gasteiger charge is 2.46. The van der Waals surface area contributed by atoms with Crippen molar-refractivity contribution in [3.05, 3.63) is 40.2 Å². The molecule has 1 aromatic rings. The van der Waals surface area contributed by atoms with Crippen LogP contribution in [0.4, 0.5) is 9.59 Å². The Bertz CT molecular complexity index is 1100. The standard InChI is InChI=1S/C29H42N6O5/c1-6-32-27(38)34-16-14-21(15-17-34)20-12-10-19(11-13-20)18-22(25(30)36)33-26(37)23-8-7-9-24(31-5)35(23)28(39)40-29(2,3)4/h5,10-13,21-24H,6-9,14-18H2,1-4H3,(H3-,30,32,33,36,37,38)/p+1/t22-,23-,24?/m0/s1. The Morgan fingerprint density at radius 3 is 2.30 bits per heavy atom. The summed E-state index contributed by atoms with van der Waals surface area (Å²) in [5.41, 5.74) is 6.91. The Morgan fingerprint density at radius 2 is 1.75 bits per heavy atom. The first-order chi connectivity index (χ1) is 18.9. The van der Waals surface area contributed by atoms with Gasteiger partial charge in [-0.3, -0.25) is 9.59 Å². The van der Waals surface area contributed by atoms with E-state index in [4.69, 9.17) is 17.0 Å². The van der Waals surface area contributed by atoms with E-state index in [1.165, 1.54) is 10.5 Å². The zero-order valence-corrected chi connectivity index (χ0v) is 24.0. The van der Waals surface area contributed by atoms with Gasteiger partial charge in [-0.1, -0.05) is 29.1 Å². The highest BCUT2D eigenvalue weighted by molar-refractivity contribution is 5.91. The van der Waals surface area contributed by atoms with Gasteiger partial charge < -0.3 is 26.0 Å². The fourth-order valence-corrected chi connectivity index (χ4v) is 5.28. The van der Waals surface area contributed by atoms with Crippen molar-refractivity contribution in [2.24, 2.45) is 5.73 Å². The van der Waals surface area contributed by atoms with E-state index < -0.39 is 41.8 Å². The molecular formula is C29H43N6O5+. The Kier molecular flexibility index (Phi) is 10.4. The van der Waals surface area contributed by atoms with Crippen LogP contribution in [-0.2, 0) is 20.7 Å². The lowest BCUT2D eigenvalue weighted by atomic mass is 9.88. The number of carbonyl (C=O) groups excluding carboxylic acids is 4. The number of carbonyl (C=O) groups is 4. The Hall–Kier alpha value is -3.81. The van der Waals surface area contributed by atoms with Gasteiger partial charge in [-0.15, -0.1) is 0 Å². The van der Waals surface area contributed by atoms with Crippen molar-refractivity contribution >= 4 is 23.9 Å². The molecule has 0 spiro atoms. The third-order valence-electron chi connectivity index (χ3n) is 7.34. The van der Waals surface area contributed by atoms with Crippen LogP contribution in [0, 0.1) is 6.57 Å². The molecule has 3 atom stereocenters. The summed E-state index contributed by atoms with van der Waals surface area (Å²) < 4.78 is 5.50. The predicted octanol–water partition coefficient (Wildman–Crippen LogP) is 3.19. The number of likely N-dealkylation sites (tertiary alicyclic amines) is 2. The van der Waals surface area contributed by atoms with Crippen LogP contribution in [0.3, 0.4) is 0 Å². The molecule has 0 bridgehead atoms. The number of nitrogens with zero attached hydrogens (tertiary/aromatic N) is 3. The maximum atomic E-state index is 13.3. The number of amides is 5. The van der Waals surface area contributed by atoms with Crippen LogP contribution < -0.4 is 16.4 Å². The van der Waals surface area contributed by atoms with Gasteiger partial charge in [-0.2, -0.15) is 0 Å². The molecule has 2 aliphatic rings. The second-order valence-corrected chi connectivity index (χ2v) is 11.5. The molecule has 0 aromatic heterocycles. The first kappa shape index (κ1) is 30.7. The van der Waals surface area contributed by atoms with Crippen molar-refractivity contribution < 1.29 is 23.9 Å². The molecule has 0 radical (unpaired) electrons. The summed E-state index contributed by atoms with van der Waals surface area (Å²) in [6, 6.07) is 6.05. The number of rotatable bonds is 7. The van der Waals surface area contributed by atoms with Gasteiger partial charge in [0.15, 0.2) is 0 Å². The van der Waals surface area contributed by atoms with Gasteiger partial charge in [0.1, 0.15) is 17.7 Å². The summed E-state index contributed by atoms with van der Waals surface area (Å²) in [5.74, 6) is -0.828. The first-order valence-corrected chi connectivity index (χ1v) is 14.1. The summed E-state index contributed by atoms with van der Waals surface area (Å²) in [5, 5.41) is 5.59. The van der Waals surface area contributed by atoms with E-state index in [1.54, 1.807) is 20.8 Å². The predicted molar refractivity (Wildman–Crippen MR) is 152 cm³/mol. The van der Waals surface area contributed by atoms with E-state index in [9.17, 15) is 19.2 Å². The number of piperidine rings is 2. The van der Waals surface area contributed by atoms with Crippen LogP contribution in [0.5, 0.6) is 0 Å². The molecule has 4 N–H and O–H groups in total. The van der Waals surface area contributed by atoms with E-state index in [-0.39, 0.29) is 12.5 Å². The average molecular weight is 556 g/mol. The van der Waals surface area contributed by atoms with Gasteiger partial charge in [0.05, 0.1) is 0 Å². The monoisotopic (exact) mass is 555 g/mol. The molecule has 2 aliphatic heterocycles. The molecule has 3 rings (SSSR count). The molecule has 2 saturated heterocycles. The van der Waals surface area contributed by atoms with Crippen molar-refractivity contribution in [2.75, 3.05) is 19.6 Å². The molecule has 1 aromatic carbocycles. The van der Waals surface area contributed by atoms with Crippen molar-refractivity contribution in [1.82, 2.24) is 20.4 Å². The largest absolute Gasteiger partial charge is 0.444 e. The summed E-state index contributed by atoms with van der Waals surface area (Å²) in [6.45, 7) is 14.7. The number of hydrogen-bond acceptors (Lipinski definition) is 5. The quantitative estimate of drug-likeness (QED) is 0.474. The zero-order valence-electron chi connectivity index (χ0n) is 24.0. The molecule has 1 unspecified atom stereocenters. The molecular weight excluding hydrogens is 512 g/mol. The highest BCUT2D eigenvalue weighted by Crippen LogP contribution is 2.29. The number of nitrogens with two attached hydrogens (primary N) is 1. The van der Waals surface area contributed by atoms with E-state index >= 15 is 0 Å². The van der Waals surface area contributed by atoms with Crippen LogP contribution in [0.15, 0.2) is 24.3 Å². The van der Waals surface area contributed by atoms with Crippen molar-refractivity contribution in [1.29, 1.82) is 0 Å². The first-order valence-electron chi connectivity index (χ1n) is 14.1. The van der Waals surface area contributed by atoms with E-state index in [0.29, 0.717) is 44.8 Å². The highest BCUT2D eigenvalue weighted by atomic mass is 16.6. The summed E-state index contributed by atoms with van der Waals surface area (Å²) in [7, 11) is 0. The maximum Gasteiger partial charge on any atom is 0.417 e. The average Bonchev–Trinajstić information content (AvgIpc) is 2.91. The van der Waals surface area contributed by atoms with Gasteiger partial charge in [-0.05, 0) is 70.4 Å². The van der Waals surface area contributed by atoms with Crippen LogP contribution in [-0.4, -0.2) is 77.2 Å². The Labute approximate surface area is 236 Å². The number of urea groups is 1. The Morgan fingerprint density at radius 1 is 1.10 bits per heavy atom. The zero-order chi connectivity index (χ0) is 29.4. The van der Waals surface area contributed by atoms with Crippen molar-refractivity contribution in [2.45, 2.75) is 96.0 Å². The van der Waals surface area contributed by atoms with Gasteiger partial charge in [0, 0.05) is 32.5 Å². The lowest BCUT2D eigenvalue weighted by molar-refractivity contribution is -0.132. The lowest BCUT2D eigenvalue weighted by Crippen LogP contribution is -2.59. The topological polar surface area (TPSA) is 138 Å². The van der Waals surface area contributed by atoms with E-state index in [1.807, 2.05) is 36.1 Å². The molecule has 5 amide bonds. The minimum absolute atomic E-state index is 0.0220. The van der Waals surface area contributed by atoms with Crippen LogP contribution in [0.2, 0.25) is 0 Å². The number of hydrogen-bond donors (Lipinski definition) is 3. The minimum atomic E-state index is -0.964.